The van der Waals surface area contributed by atoms with Gasteiger partial charge in [-0.3, -0.25) is 0 Å². The summed E-state index contributed by atoms with van der Waals surface area (Å²) in [5, 5.41) is 11.1. The molecule has 0 bridgehead atoms. The van der Waals surface area contributed by atoms with Crippen molar-refractivity contribution in [2.24, 2.45) is 17.3 Å². The van der Waals surface area contributed by atoms with E-state index >= 15 is 0 Å². The van der Waals surface area contributed by atoms with Crippen molar-refractivity contribution in [1.82, 2.24) is 0 Å². The van der Waals surface area contributed by atoms with Crippen LogP contribution in [0.15, 0.2) is 42.5 Å². The zero-order valence-electron chi connectivity index (χ0n) is 17.0. The van der Waals surface area contributed by atoms with Crippen molar-refractivity contribution in [3.05, 3.63) is 48.0 Å². The molecule has 0 spiro atoms. The van der Waals surface area contributed by atoms with Gasteiger partial charge in [0, 0.05) is 24.4 Å². The lowest BCUT2D eigenvalue weighted by Crippen LogP contribution is -2.60. The van der Waals surface area contributed by atoms with Crippen molar-refractivity contribution in [1.29, 1.82) is 0 Å². The van der Waals surface area contributed by atoms with E-state index in [2.05, 4.69) is 6.58 Å². The Morgan fingerprint density at radius 1 is 1.32 bits per heavy atom. The summed E-state index contributed by atoms with van der Waals surface area (Å²) in [5.41, 5.74) is -0.692. The van der Waals surface area contributed by atoms with E-state index < -0.39 is 29.2 Å². The number of methoxy groups -OCH3 is 1. The fourth-order valence-corrected chi connectivity index (χ4v) is 5.31. The van der Waals surface area contributed by atoms with Crippen molar-refractivity contribution in [2.75, 3.05) is 13.7 Å². The van der Waals surface area contributed by atoms with Crippen molar-refractivity contribution in [3.8, 4) is 0 Å². The van der Waals surface area contributed by atoms with E-state index in [0.29, 0.717) is 37.9 Å². The molecule has 0 saturated heterocycles. The van der Waals surface area contributed by atoms with Gasteiger partial charge in [-0.25, -0.2) is 9.18 Å². The Balaban J connectivity index is 1.92. The van der Waals surface area contributed by atoms with Crippen LogP contribution in [0.1, 0.15) is 49.9 Å². The first-order chi connectivity index (χ1) is 13.2. The van der Waals surface area contributed by atoms with Gasteiger partial charge >= 0.3 is 5.97 Å². The maximum Gasteiger partial charge on any atom is 0.338 e. The molecular formula is C23H31FO4. The fraction of sp³-hybridized carbons (Fsp3) is 0.609. The van der Waals surface area contributed by atoms with Crippen molar-refractivity contribution < 1.29 is 23.8 Å². The molecule has 1 aromatic carbocycles. The van der Waals surface area contributed by atoms with E-state index in [0.717, 1.165) is 5.57 Å². The first-order valence-electron chi connectivity index (χ1n) is 10.0. The highest BCUT2D eigenvalue weighted by atomic mass is 19.1. The Hall–Kier alpha value is -1.72. The standard InChI is InChI=1S/C23H31FO4/c1-15-10-11-18(28-21(26)16-8-6-5-7-9-16)23(14-27-4)13-12-17(22(2,3)24)20(25)19(15)23/h5-9,17-20,25H,1,10-14H2,2-4H3/t17-,18-,19-,20+,23-/m1/s1. The Morgan fingerprint density at radius 3 is 2.61 bits per heavy atom. The number of rotatable bonds is 5. The third-order valence-electron chi connectivity index (χ3n) is 6.66. The van der Waals surface area contributed by atoms with Gasteiger partial charge in [-0.2, -0.15) is 0 Å². The molecular weight excluding hydrogens is 359 g/mol. The molecule has 0 heterocycles. The zero-order chi connectivity index (χ0) is 20.5. The average molecular weight is 390 g/mol. The Morgan fingerprint density at radius 2 is 2.00 bits per heavy atom. The maximum absolute atomic E-state index is 14.7. The van der Waals surface area contributed by atoms with Crippen LogP contribution in [0, 0.1) is 17.3 Å². The highest BCUT2D eigenvalue weighted by molar-refractivity contribution is 5.89. The van der Waals surface area contributed by atoms with Crippen LogP contribution in [-0.4, -0.2) is 42.7 Å². The lowest BCUT2D eigenvalue weighted by molar-refractivity contribution is -0.167. The van der Waals surface area contributed by atoms with Gasteiger partial charge in [0.15, 0.2) is 0 Å². The lowest BCUT2D eigenvalue weighted by Gasteiger charge is -2.56. The molecule has 2 aliphatic carbocycles. The first kappa shape index (κ1) is 21.0. The van der Waals surface area contributed by atoms with Gasteiger partial charge in [-0.05, 0) is 51.7 Å². The van der Waals surface area contributed by atoms with E-state index in [1.807, 2.05) is 6.07 Å². The highest BCUT2D eigenvalue weighted by Crippen LogP contribution is 2.56. The highest BCUT2D eigenvalue weighted by Gasteiger charge is 2.59. The lowest BCUT2D eigenvalue weighted by atomic mass is 9.52. The predicted octanol–water partition coefficient (Wildman–Crippen LogP) is 4.33. The number of hydrogen-bond donors (Lipinski definition) is 1. The number of benzene rings is 1. The normalized spacial score (nSPS) is 33.2. The van der Waals surface area contributed by atoms with Crippen LogP contribution in [0.4, 0.5) is 4.39 Å². The molecule has 1 N–H and O–H groups in total. The van der Waals surface area contributed by atoms with Crippen molar-refractivity contribution >= 4 is 5.97 Å². The topological polar surface area (TPSA) is 55.8 Å². The summed E-state index contributed by atoms with van der Waals surface area (Å²) in [6, 6.07) is 8.89. The molecule has 2 saturated carbocycles. The van der Waals surface area contributed by atoms with Gasteiger partial charge in [0.25, 0.3) is 0 Å². The molecule has 0 aliphatic heterocycles. The SMILES string of the molecule is C=C1CC[C@@H](OC(=O)c2ccccc2)[C@]2(COC)CC[C@@H](C(C)(C)F)[C@H](O)[C@@H]12. The minimum absolute atomic E-state index is 0.333. The molecule has 0 amide bonds. The summed E-state index contributed by atoms with van der Waals surface area (Å²) in [5.74, 6) is -1.22. The number of ether oxygens (including phenoxy) is 2. The third kappa shape index (κ3) is 3.74. The van der Waals surface area contributed by atoms with Crippen LogP contribution < -0.4 is 0 Å². The summed E-state index contributed by atoms with van der Waals surface area (Å²) in [6.45, 7) is 7.55. The second-order valence-electron chi connectivity index (χ2n) is 8.80. The van der Waals surface area contributed by atoms with Crippen molar-refractivity contribution in [3.63, 3.8) is 0 Å². The van der Waals surface area contributed by atoms with Gasteiger partial charge in [0.2, 0.25) is 0 Å². The summed E-state index contributed by atoms with van der Waals surface area (Å²) >= 11 is 0. The van der Waals surface area contributed by atoms with Gasteiger partial charge in [-0.1, -0.05) is 30.4 Å². The van der Waals surface area contributed by atoms with E-state index in [1.54, 1.807) is 31.4 Å². The number of alkyl halides is 1. The van der Waals surface area contributed by atoms with Gasteiger partial charge < -0.3 is 14.6 Å². The number of fused-ring (bicyclic) bond motifs is 1. The molecule has 0 aromatic heterocycles. The molecule has 2 fully saturated rings. The van der Waals surface area contributed by atoms with Crippen LogP contribution in [0.3, 0.4) is 0 Å². The summed E-state index contributed by atoms with van der Waals surface area (Å²) < 4.78 is 26.2. The van der Waals surface area contributed by atoms with Gasteiger partial charge in [-0.15, -0.1) is 0 Å². The summed E-state index contributed by atoms with van der Waals surface area (Å²) in [6.07, 6.45) is 1.11. The first-order valence-corrected chi connectivity index (χ1v) is 10.0. The number of carbonyl (C=O) groups is 1. The molecule has 154 valence electrons. The number of esters is 1. The average Bonchev–Trinajstić information content (AvgIpc) is 2.64. The zero-order valence-corrected chi connectivity index (χ0v) is 17.0. The molecule has 28 heavy (non-hydrogen) atoms. The van der Waals surface area contributed by atoms with Crippen LogP contribution >= 0.6 is 0 Å². The summed E-state index contributed by atoms with van der Waals surface area (Å²) in [7, 11) is 1.61. The number of carbonyl (C=O) groups excluding carboxylic acids is 1. The van der Waals surface area contributed by atoms with Crippen LogP contribution in [0.2, 0.25) is 0 Å². The Bertz CT molecular complexity index is 711. The summed E-state index contributed by atoms with van der Waals surface area (Å²) in [4.78, 5) is 12.7. The molecule has 5 heteroatoms. The smallest absolute Gasteiger partial charge is 0.338 e. The molecule has 4 nitrogen and oxygen atoms in total. The molecule has 1 aromatic rings. The van der Waals surface area contributed by atoms with Gasteiger partial charge in [0.1, 0.15) is 11.8 Å². The Kier molecular flexibility index (Phi) is 5.97. The van der Waals surface area contributed by atoms with Crippen LogP contribution in [0.5, 0.6) is 0 Å². The van der Waals surface area contributed by atoms with E-state index in [-0.39, 0.29) is 11.9 Å². The van der Waals surface area contributed by atoms with E-state index in [9.17, 15) is 14.3 Å². The van der Waals surface area contributed by atoms with E-state index in [4.69, 9.17) is 9.47 Å². The monoisotopic (exact) mass is 390 g/mol. The minimum atomic E-state index is -1.49. The second-order valence-corrected chi connectivity index (χ2v) is 8.80. The maximum atomic E-state index is 14.7. The number of aliphatic hydroxyl groups excluding tert-OH is 1. The van der Waals surface area contributed by atoms with Gasteiger partial charge in [0.05, 0.1) is 18.3 Å². The van der Waals surface area contributed by atoms with Crippen molar-refractivity contribution in [2.45, 2.75) is 57.4 Å². The number of hydrogen-bond acceptors (Lipinski definition) is 4. The molecule has 0 unspecified atom stereocenters. The molecule has 5 atom stereocenters. The quantitative estimate of drug-likeness (QED) is 0.601. The van der Waals surface area contributed by atoms with E-state index in [1.165, 1.54) is 13.8 Å². The molecule has 2 aliphatic rings. The second kappa shape index (κ2) is 7.96. The third-order valence-corrected chi connectivity index (χ3v) is 6.66. The predicted molar refractivity (Wildman–Crippen MR) is 106 cm³/mol. The minimum Gasteiger partial charge on any atom is -0.458 e. The fourth-order valence-electron chi connectivity index (χ4n) is 5.31. The van der Waals surface area contributed by atoms with Crippen LogP contribution in [0.25, 0.3) is 0 Å². The molecule has 0 radical (unpaired) electrons. The Labute approximate surface area is 166 Å². The van der Waals surface area contributed by atoms with Crippen LogP contribution in [-0.2, 0) is 9.47 Å². The number of halogens is 1. The number of aliphatic hydroxyl groups is 1. The largest absolute Gasteiger partial charge is 0.458 e. The molecule has 3 rings (SSSR count).